The standard InChI is InChI=1S/C10H11N2O4P/c1-15-6-3-7-9(8(13)4-6)10(14)12(5-11-7)17-16-2/h3-5,13,17H,1-2H3. The Labute approximate surface area is 98.7 Å². The average molecular weight is 254 g/mol. The number of hydrogen-bond acceptors (Lipinski definition) is 5. The smallest absolute Gasteiger partial charge is 0.269 e. The summed E-state index contributed by atoms with van der Waals surface area (Å²) in [4.78, 5) is 16.1. The van der Waals surface area contributed by atoms with Gasteiger partial charge in [0.15, 0.2) is 0 Å². The van der Waals surface area contributed by atoms with E-state index in [1.54, 1.807) is 6.07 Å². The van der Waals surface area contributed by atoms with E-state index in [2.05, 4.69) is 4.98 Å². The molecule has 90 valence electrons. The fourth-order valence-corrected chi connectivity index (χ4v) is 1.98. The molecule has 0 fully saturated rings. The maximum Gasteiger partial charge on any atom is 0.269 e. The van der Waals surface area contributed by atoms with Crippen LogP contribution in [-0.4, -0.2) is 28.6 Å². The molecule has 1 aromatic heterocycles. The molecule has 6 nitrogen and oxygen atoms in total. The molecule has 0 saturated carbocycles. The summed E-state index contributed by atoms with van der Waals surface area (Å²) in [6, 6.07) is 2.97. The second-order valence-electron chi connectivity index (χ2n) is 3.26. The van der Waals surface area contributed by atoms with Crippen LogP contribution in [0.1, 0.15) is 0 Å². The van der Waals surface area contributed by atoms with E-state index in [0.717, 1.165) is 0 Å². The summed E-state index contributed by atoms with van der Waals surface area (Å²) in [6.45, 7) is 0. The minimum absolute atomic E-state index is 0.146. The SMILES string of the molecule is COPn1cnc2cc(OC)cc(O)c2c1=O. The van der Waals surface area contributed by atoms with Crippen LogP contribution in [0.2, 0.25) is 0 Å². The Morgan fingerprint density at radius 3 is 2.82 bits per heavy atom. The predicted molar refractivity (Wildman–Crippen MR) is 64.9 cm³/mol. The van der Waals surface area contributed by atoms with Gasteiger partial charge in [0.2, 0.25) is 0 Å². The topological polar surface area (TPSA) is 73.6 Å². The highest BCUT2D eigenvalue weighted by Crippen LogP contribution is 2.27. The number of fused-ring (bicyclic) bond motifs is 1. The quantitative estimate of drug-likeness (QED) is 0.830. The predicted octanol–water partition coefficient (Wildman–Crippen LogP) is 1.11. The number of nitrogens with zero attached hydrogens (tertiary/aromatic N) is 2. The number of aromatic hydroxyl groups is 1. The van der Waals surface area contributed by atoms with Crippen molar-refractivity contribution in [1.82, 2.24) is 9.32 Å². The number of ether oxygens (including phenoxy) is 1. The second kappa shape index (κ2) is 4.69. The number of aromatic nitrogens is 2. The number of rotatable bonds is 3. The van der Waals surface area contributed by atoms with Crippen LogP contribution in [0, 0.1) is 0 Å². The zero-order valence-corrected chi connectivity index (χ0v) is 10.3. The zero-order valence-electron chi connectivity index (χ0n) is 9.30. The Balaban J connectivity index is 2.73. The van der Waals surface area contributed by atoms with Gasteiger partial charge in [-0.25, -0.2) is 4.98 Å². The van der Waals surface area contributed by atoms with Gasteiger partial charge in [-0.15, -0.1) is 0 Å². The molecule has 1 atom stereocenters. The molecule has 1 N–H and O–H groups in total. The molecule has 0 saturated heterocycles. The van der Waals surface area contributed by atoms with Crippen LogP contribution in [-0.2, 0) is 4.52 Å². The Bertz CT molecular complexity index is 611. The summed E-state index contributed by atoms with van der Waals surface area (Å²) in [6.07, 6.45) is 1.38. The van der Waals surface area contributed by atoms with E-state index in [0.29, 0.717) is 11.3 Å². The number of phenolic OH excluding ortho intramolecular Hbond substituents is 1. The second-order valence-corrected chi connectivity index (χ2v) is 4.33. The van der Waals surface area contributed by atoms with E-state index in [1.165, 1.54) is 31.0 Å². The van der Waals surface area contributed by atoms with E-state index < -0.39 is 0 Å². The molecule has 0 amide bonds. The molecule has 0 aliphatic rings. The van der Waals surface area contributed by atoms with E-state index >= 15 is 0 Å². The fraction of sp³-hybridized carbons (Fsp3) is 0.200. The van der Waals surface area contributed by atoms with Crippen LogP contribution in [0.25, 0.3) is 10.9 Å². The lowest BCUT2D eigenvalue weighted by atomic mass is 10.2. The Morgan fingerprint density at radius 1 is 1.41 bits per heavy atom. The molecule has 17 heavy (non-hydrogen) atoms. The lowest BCUT2D eigenvalue weighted by Crippen LogP contribution is -2.15. The van der Waals surface area contributed by atoms with Crippen molar-refractivity contribution in [2.24, 2.45) is 0 Å². The number of hydrogen-bond donors (Lipinski definition) is 1. The third kappa shape index (κ3) is 2.09. The molecule has 1 aromatic carbocycles. The van der Waals surface area contributed by atoms with Crippen molar-refractivity contribution in [2.45, 2.75) is 0 Å². The highest BCUT2D eigenvalue weighted by molar-refractivity contribution is 7.30. The maximum absolute atomic E-state index is 12.0. The third-order valence-corrected chi connectivity index (χ3v) is 2.94. The summed E-state index contributed by atoms with van der Waals surface area (Å²) in [5.41, 5.74) is 0.0549. The Kier molecular flexibility index (Phi) is 3.26. The molecule has 1 unspecified atom stereocenters. The average Bonchev–Trinajstić information content (AvgIpc) is 2.32. The highest BCUT2D eigenvalue weighted by Gasteiger charge is 2.10. The Morgan fingerprint density at radius 2 is 2.18 bits per heavy atom. The van der Waals surface area contributed by atoms with Gasteiger partial charge in [0.25, 0.3) is 5.56 Å². The molecule has 0 bridgehead atoms. The van der Waals surface area contributed by atoms with Gasteiger partial charge >= 0.3 is 0 Å². The first-order valence-corrected chi connectivity index (χ1v) is 5.60. The van der Waals surface area contributed by atoms with Crippen LogP contribution in [0.4, 0.5) is 0 Å². The lowest BCUT2D eigenvalue weighted by molar-refractivity contribution is 0.409. The Hall–Kier alpha value is -1.65. The lowest BCUT2D eigenvalue weighted by Gasteiger charge is -2.07. The molecule has 0 radical (unpaired) electrons. The number of methoxy groups -OCH3 is 1. The van der Waals surface area contributed by atoms with Crippen molar-refractivity contribution in [1.29, 1.82) is 0 Å². The van der Waals surface area contributed by atoms with E-state index in [4.69, 9.17) is 9.26 Å². The minimum atomic E-state index is -0.338. The van der Waals surface area contributed by atoms with Crippen molar-refractivity contribution in [3.05, 3.63) is 28.8 Å². The largest absolute Gasteiger partial charge is 0.507 e. The molecule has 0 aliphatic heterocycles. The normalized spacial score (nSPS) is 11.4. The summed E-state index contributed by atoms with van der Waals surface area (Å²) in [5.74, 6) is 0.306. The van der Waals surface area contributed by atoms with Crippen molar-refractivity contribution >= 4 is 19.9 Å². The molecule has 2 rings (SSSR count). The number of phenols is 1. The van der Waals surface area contributed by atoms with Gasteiger partial charge in [0.1, 0.15) is 32.2 Å². The van der Waals surface area contributed by atoms with Gasteiger partial charge in [-0.3, -0.25) is 9.13 Å². The summed E-state index contributed by atoms with van der Waals surface area (Å²) in [5, 5.41) is 9.95. The van der Waals surface area contributed by atoms with Crippen LogP contribution in [0.15, 0.2) is 23.3 Å². The zero-order chi connectivity index (χ0) is 12.4. The third-order valence-electron chi connectivity index (χ3n) is 2.24. The van der Waals surface area contributed by atoms with Gasteiger partial charge in [-0.1, -0.05) is 0 Å². The first kappa shape index (κ1) is 11.8. The monoisotopic (exact) mass is 254 g/mol. The van der Waals surface area contributed by atoms with Crippen LogP contribution >= 0.6 is 8.96 Å². The van der Waals surface area contributed by atoms with Crippen LogP contribution in [0.3, 0.4) is 0 Å². The maximum atomic E-state index is 12.0. The van der Waals surface area contributed by atoms with Gasteiger partial charge in [-0.2, -0.15) is 0 Å². The van der Waals surface area contributed by atoms with Gasteiger partial charge < -0.3 is 14.4 Å². The molecule has 0 spiro atoms. The van der Waals surface area contributed by atoms with E-state index in [9.17, 15) is 9.90 Å². The van der Waals surface area contributed by atoms with Crippen LogP contribution < -0.4 is 10.3 Å². The van der Waals surface area contributed by atoms with Crippen molar-refractivity contribution in [2.75, 3.05) is 14.2 Å². The molecule has 7 heteroatoms. The van der Waals surface area contributed by atoms with Gasteiger partial charge in [0, 0.05) is 19.2 Å². The number of benzene rings is 1. The molecular weight excluding hydrogens is 243 g/mol. The van der Waals surface area contributed by atoms with E-state index in [1.807, 2.05) is 0 Å². The van der Waals surface area contributed by atoms with Crippen molar-refractivity contribution in [3.63, 3.8) is 0 Å². The van der Waals surface area contributed by atoms with Gasteiger partial charge in [-0.05, 0) is 0 Å². The first-order chi connectivity index (χ1) is 8.17. The highest BCUT2D eigenvalue weighted by atomic mass is 31.1. The molecule has 2 aromatic rings. The summed E-state index contributed by atoms with van der Waals surface area (Å²) < 4.78 is 11.2. The van der Waals surface area contributed by atoms with E-state index in [-0.39, 0.29) is 25.7 Å². The fourth-order valence-electron chi connectivity index (χ4n) is 1.48. The van der Waals surface area contributed by atoms with Gasteiger partial charge in [0.05, 0.1) is 12.6 Å². The molecule has 1 heterocycles. The van der Waals surface area contributed by atoms with Crippen LogP contribution in [0.5, 0.6) is 11.5 Å². The first-order valence-electron chi connectivity index (χ1n) is 4.74. The molecule has 0 aliphatic carbocycles. The summed E-state index contributed by atoms with van der Waals surface area (Å²) >= 11 is 0. The van der Waals surface area contributed by atoms with Crippen molar-refractivity contribution in [3.8, 4) is 11.5 Å². The van der Waals surface area contributed by atoms with Crippen molar-refractivity contribution < 1.29 is 14.4 Å². The summed E-state index contributed by atoms with van der Waals surface area (Å²) in [7, 11) is 2.81. The molecular formula is C10H11N2O4P. The minimum Gasteiger partial charge on any atom is -0.507 e.